The smallest absolute Gasteiger partial charge is 0.161 e. The lowest BCUT2D eigenvalue weighted by atomic mass is 10.0. The summed E-state index contributed by atoms with van der Waals surface area (Å²) in [5.41, 5.74) is 10.9. The first-order valence-corrected chi connectivity index (χ1v) is 11.1. The molecule has 1 heterocycles. The number of fused-ring (bicyclic) bond motifs is 1. The van der Waals surface area contributed by atoms with Crippen molar-refractivity contribution in [2.75, 3.05) is 20.8 Å². The van der Waals surface area contributed by atoms with Gasteiger partial charge in [0.15, 0.2) is 11.5 Å². The first-order chi connectivity index (χ1) is 15.2. The summed E-state index contributed by atoms with van der Waals surface area (Å²) in [6, 6.07) is 22.7. The standard InChI is InChI=1S/C25H27N3O2S/c1-29-22-11-10-19(15-23(22)30-2)18-7-5-6-17(14-18)16-27-13-12-21(26)25-20-8-3-4-9-24(20)31-28-25/h3-11,14-15,21,27H,12-13,16,26H2,1-2H3. The van der Waals surface area contributed by atoms with Crippen LogP contribution in [0.15, 0.2) is 66.7 Å². The molecular weight excluding hydrogens is 406 g/mol. The fraction of sp³-hybridized carbons (Fsp3) is 0.240. The van der Waals surface area contributed by atoms with Crippen LogP contribution in [0.3, 0.4) is 0 Å². The highest BCUT2D eigenvalue weighted by Crippen LogP contribution is 2.32. The van der Waals surface area contributed by atoms with E-state index in [0.717, 1.165) is 47.8 Å². The summed E-state index contributed by atoms with van der Waals surface area (Å²) < 4.78 is 16.5. The maximum atomic E-state index is 6.42. The summed E-state index contributed by atoms with van der Waals surface area (Å²) in [6.07, 6.45) is 0.836. The number of hydrogen-bond donors (Lipinski definition) is 2. The van der Waals surface area contributed by atoms with Gasteiger partial charge in [0, 0.05) is 18.0 Å². The maximum absolute atomic E-state index is 6.42. The zero-order chi connectivity index (χ0) is 21.6. The Morgan fingerprint density at radius 3 is 2.58 bits per heavy atom. The summed E-state index contributed by atoms with van der Waals surface area (Å²) in [7, 11) is 3.30. The molecule has 5 nitrogen and oxygen atoms in total. The Kier molecular flexibility index (Phi) is 6.82. The molecule has 0 spiro atoms. The predicted octanol–water partition coefficient (Wildman–Crippen LogP) is 5.16. The molecule has 0 amide bonds. The van der Waals surface area contributed by atoms with E-state index in [9.17, 15) is 0 Å². The van der Waals surface area contributed by atoms with Gasteiger partial charge in [-0.25, -0.2) is 0 Å². The van der Waals surface area contributed by atoms with Gasteiger partial charge in [0.1, 0.15) is 0 Å². The molecule has 0 radical (unpaired) electrons. The number of nitrogens with two attached hydrogens (primary N) is 1. The zero-order valence-electron chi connectivity index (χ0n) is 17.8. The number of nitrogens with zero attached hydrogens (tertiary/aromatic N) is 1. The van der Waals surface area contributed by atoms with Gasteiger partial charge < -0.3 is 20.5 Å². The summed E-state index contributed by atoms with van der Waals surface area (Å²) in [5.74, 6) is 1.46. The minimum absolute atomic E-state index is 0.0678. The Hall–Kier alpha value is -2.93. The van der Waals surface area contributed by atoms with E-state index in [1.807, 2.05) is 30.3 Å². The van der Waals surface area contributed by atoms with Gasteiger partial charge in [0.2, 0.25) is 0 Å². The van der Waals surface area contributed by atoms with Gasteiger partial charge in [-0.1, -0.05) is 42.5 Å². The molecule has 1 aromatic heterocycles. The van der Waals surface area contributed by atoms with Crippen molar-refractivity contribution in [3.63, 3.8) is 0 Å². The molecule has 4 aromatic rings. The minimum Gasteiger partial charge on any atom is -0.493 e. The number of rotatable bonds is 9. The quantitative estimate of drug-likeness (QED) is 0.357. The normalized spacial score (nSPS) is 12.1. The summed E-state index contributed by atoms with van der Waals surface area (Å²) in [5, 5.41) is 4.68. The van der Waals surface area contributed by atoms with E-state index in [2.05, 4.69) is 46.1 Å². The van der Waals surface area contributed by atoms with Crippen LogP contribution in [0.4, 0.5) is 0 Å². The third kappa shape index (κ3) is 4.88. The van der Waals surface area contributed by atoms with Crippen molar-refractivity contribution >= 4 is 21.6 Å². The number of nitrogens with one attached hydrogen (secondary N) is 1. The Labute approximate surface area is 187 Å². The summed E-state index contributed by atoms with van der Waals surface area (Å²) in [6.45, 7) is 1.61. The van der Waals surface area contributed by atoms with E-state index in [4.69, 9.17) is 15.2 Å². The van der Waals surface area contributed by atoms with E-state index < -0.39 is 0 Å². The first-order valence-electron chi connectivity index (χ1n) is 10.3. The van der Waals surface area contributed by atoms with Crippen LogP contribution in [0, 0.1) is 0 Å². The van der Waals surface area contributed by atoms with E-state index in [0.29, 0.717) is 0 Å². The van der Waals surface area contributed by atoms with Gasteiger partial charge in [0.25, 0.3) is 0 Å². The fourth-order valence-corrected chi connectivity index (χ4v) is 4.52. The van der Waals surface area contributed by atoms with Crippen LogP contribution in [0.25, 0.3) is 21.2 Å². The van der Waals surface area contributed by atoms with Crippen LogP contribution in [0.5, 0.6) is 11.5 Å². The number of methoxy groups -OCH3 is 2. The second-order valence-corrected chi connectivity index (χ2v) is 8.21. The molecule has 0 saturated carbocycles. The zero-order valence-corrected chi connectivity index (χ0v) is 18.6. The highest BCUT2D eigenvalue weighted by molar-refractivity contribution is 7.13. The molecule has 31 heavy (non-hydrogen) atoms. The molecule has 6 heteroatoms. The predicted molar refractivity (Wildman–Crippen MR) is 128 cm³/mol. The van der Waals surface area contributed by atoms with Crippen molar-refractivity contribution in [1.29, 1.82) is 0 Å². The second-order valence-electron chi connectivity index (χ2n) is 7.41. The average Bonchev–Trinajstić information content (AvgIpc) is 3.26. The molecule has 4 rings (SSSR count). The minimum atomic E-state index is -0.0678. The van der Waals surface area contributed by atoms with Crippen LogP contribution >= 0.6 is 11.5 Å². The Morgan fingerprint density at radius 2 is 1.74 bits per heavy atom. The largest absolute Gasteiger partial charge is 0.493 e. The third-order valence-electron chi connectivity index (χ3n) is 5.36. The van der Waals surface area contributed by atoms with Crippen molar-refractivity contribution in [1.82, 2.24) is 9.69 Å². The van der Waals surface area contributed by atoms with Gasteiger partial charge in [-0.2, -0.15) is 4.37 Å². The molecule has 0 aliphatic rings. The summed E-state index contributed by atoms with van der Waals surface area (Å²) in [4.78, 5) is 0. The van der Waals surface area contributed by atoms with Gasteiger partial charge in [0.05, 0.1) is 24.6 Å². The van der Waals surface area contributed by atoms with Gasteiger partial charge in [-0.3, -0.25) is 0 Å². The van der Waals surface area contributed by atoms with Crippen molar-refractivity contribution in [3.8, 4) is 22.6 Å². The first kappa shape index (κ1) is 21.3. The van der Waals surface area contributed by atoms with E-state index >= 15 is 0 Å². The Balaban J connectivity index is 1.35. The molecule has 1 atom stereocenters. The highest BCUT2D eigenvalue weighted by Gasteiger charge is 2.13. The van der Waals surface area contributed by atoms with Crippen molar-refractivity contribution in [3.05, 3.63) is 78.0 Å². The van der Waals surface area contributed by atoms with Crippen LogP contribution in [-0.4, -0.2) is 25.1 Å². The Morgan fingerprint density at radius 1 is 0.935 bits per heavy atom. The lowest BCUT2D eigenvalue weighted by molar-refractivity contribution is 0.355. The fourth-order valence-electron chi connectivity index (χ4n) is 3.68. The summed E-state index contributed by atoms with van der Waals surface area (Å²) >= 11 is 1.52. The van der Waals surface area contributed by atoms with Crippen LogP contribution in [-0.2, 0) is 6.54 Å². The average molecular weight is 434 g/mol. The lowest BCUT2D eigenvalue weighted by Crippen LogP contribution is -2.21. The molecule has 0 saturated heterocycles. The second kappa shape index (κ2) is 9.92. The maximum Gasteiger partial charge on any atom is 0.161 e. The number of benzene rings is 3. The molecule has 0 aliphatic heterocycles. The third-order valence-corrected chi connectivity index (χ3v) is 6.20. The van der Waals surface area contributed by atoms with Crippen LogP contribution in [0.1, 0.15) is 23.7 Å². The number of aromatic nitrogens is 1. The lowest BCUT2D eigenvalue weighted by Gasteiger charge is -2.12. The van der Waals surface area contributed by atoms with Crippen molar-refractivity contribution < 1.29 is 9.47 Å². The van der Waals surface area contributed by atoms with E-state index in [1.165, 1.54) is 27.2 Å². The number of hydrogen-bond acceptors (Lipinski definition) is 6. The highest BCUT2D eigenvalue weighted by atomic mass is 32.1. The van der Waals surface area contributed by atoms with Gasteiger partial charge in [-0.15, -0.1) is 0 Å². The van der Waals surface area contributed by atoms with E-state index in [-0.39, 0.29) is 6.04 Å². The van der Waals surface area contributed by atoms with Crippen LogP contribution in [0.2, 0.25) is 0 Å². The molecule has 0 aliphatic carbocycles. The molecule has 0 fully saturated rings. The SMILES string of the molecule is COc1ccc(-c2cccc(CNCCC(N)c3nsc4ccccc34)c2)cc1OC. The number of ether oxygens (including phenoxy) is 2. The molecule has 1 unspecified atom stereocenters. The molecule has 3 aromatic carbocycles. The monoisotopic (exact) mass is 433 g/mol. The van der Waals surface area contributed by atoms with E-state index in [1.54, 1.807) is 14.2 Å². The van der Waals surface area contributed by atoms with Crippen molar-refractivity contribution in [2.45, 2.75) is 19.0 Å². The molecular formula is C25H27N3O2S. The molecule has 3 N–H and O–H groups in total. The van der Waals surface area contributed by atoms with Crippen molar-refractivity contribution in [2.24, 2.45) is 5.73 Å². The Bertz CT molecular complexity index is 1160. The van der Waals surface area contributed by atoms with Gasteiger partial charge >= 0.3 is 0 Å². The topological polar surface area (TPSA) is 69.4 Å². The molecule has 160 valence electrons. The van der Waals surface area contributed by atoms with Gasteiger partial charge in [-0.05, 0) is 65.5 Å². The van der Waals surface area contributed by atoms with Crippen LogP contribution < -0.4 is 20.5 Å². The molecule has 0 bridgehead atoms.